The molecule has 11 heteroatoms. The highest BCUT2D eigenvalue weighted by Crippen LogP contribution is 2.46. The topological polar surface area (TPSA) is 130 Å². The number of rotatable bonds is 5. The Balaban J connectivity index is 1.56. The summed E-state index contributed by atoms with van der Waals surface area (Å²) < 4.78 is 22.2. The van der Waals surface area contributed by atoms with Crippen molar-refractivity contribution in [3.05, 3.63) is 35.7 Å². The van der Waals surface area contributed by atoms with Gasteiger partial charge in [-0.15, -0.1) is 10.2 Å². The standard InChI is InChI=1S/C22H25N9O2/c1-11-17-18(29-31(4)28-17)13-6-5-7-14(20(13)30(11)3)24-15-10-16(25-21(32)12-8-9-12)26-27-19(15)22(33)23-2/h5-7,10-12H,8-9H2,1-4H3,(H,23,33)(H2,24,25,26,32)/t11-/m0/s1/i2D3. The summed E-state index contributed by atoms with van der Waals surface area (Å²) in [5.74, 6) is -0.995. The van der Waals surface area contributed by atoms with Crippen molar-refractivity contribution < 1.29 is 13.7 Å². The van der Waals surface area contributed by atoms with Gasteiger partial charge in [0.1, 0.15) is 11.4 Å². The highest BCUT2D eigenvalue weighted by atomic mass is 16.2. The van der Waals surface area contributed by atoms with Crippen LogP contribution in [0.2, 0.25) is 0 Å². The molecule has 5 rings (SSSR count). The lowest BCUT2D eigenvalue weighted by atomic mass is 9.96. The number of carbonyl (C=O) groups is 2. The third-order valence-corrected chi connectivity index (χ3v) is 5.95. The Hall–Kier alpha value is -4.02. The van der Waals surface area contributed by atoms with Gasteiger partial charge in [-0.1, -0.05) is 12.1 Å². The lowest BCUT2D eigenvalue weighted by Crippen LogP contribution is -2.27. The molecular formula is C22H25N9O2. The van der Waals surface area contributed by atoms with Crippen molar-refractivity contribution in [3.63, 3.8) is 0 Å². The fraction of sp³-hybridized carbons (Fsp3) is 0.364. The number of aromatic nitrogens is 5. The number of hydrogen-bond acceptors (Lipinski definition) is 8. The van der Waals surface area contributed by atoms with Crippen molar-refractivity contribution in [2.45, 2.75) is 25.8 Å². The highest BCUT2D eigenvalue weighted by Gasteiger charge is 2.33. The summed E-state index contributed by atoms with van der Waals surface area (Å²) in [6.07, 6.45) is 1.63. The molecule has 1 saturated carbocycles. The van der Waals surface area contributed by atoms with Gasteiger partial charge in [-0.25, -0.2) is 0 Å². The van der Waals surface area contributed by atoms with Crippen molar-refractivity contribution in [1.29, 1.82) is 0 Å². The third kappa shape index (κ3) is 3.65. The molecule has 3 aromatic rings. The lowest BCUT2D eigenvalue weighted by Gasteiger charge is -2.34. The largest absolute Gasteiger partial charge is 0.364 e. The number of fused-ring (bicyclic) bond motifs is 3. The Labute approximate surface area is 194 Å². The Morgan fingerprint density at radius 2 is 1.97 bits per heavy atom. The first kappa shape index (κ1) is 17.5. The predicted molar refractivity (Wildman–Crippen MR) is 123 cm³/mol. The van der Waals surface area contributed by atoms with E-state index in [9.17, 15) is 9.59 Å². The number of para-hydroxylation sites is 1. The van der Waals surface area contributed by atoms with E-state index in [1.54, 1.807) is 7.05 Å². The van der Waals surface area contributed by atoms with E-state index in [1.165, 1.54) is 10.9 Å². The molecule has 1 atom stereocenters. The fourth-order valence-electron chi connectivity index (χ4n) is 3.98. The first-order valence-corrected chi connectivity index (χ1v) is 10.6. The molecule has 0 unspecified atom stereocenters. The van der Waals surface area contributed by atoms with E-state index in [0.29, 0.717) is 5.69 Å². The minimum absolute atomic E-state index is 0.0563. The smallest absolute Gasteiger partial charge is 0.273 e. The van der Waals surface area contributed by atoms with Gasteiger partial charge in [0.15, 0.2) is 11.5 Å². The van der Waals surface area contributed by atoms with Crippen LogP contribution in [0.3, 0.4) is 0 Å². The molecule has 1 aromatic carbocycles. The van der Waals surface area contributed by atoms with Gasteiger partial charge in [0.05, 0.1) is 23.1 Å². The molecule has 3 heterocycles. The van der Waals surface area contributed by atoms with E-state index in [0.717, 1.165) is 35.5 Å². The SMILES string of the molecule is [2H]C([2H])([2H])NC(=O)c1nnc(NC(=O)C2CC2)cc1Nc1cccc2c1N(C)[C@@H](C)c1nn(C)nc1-2. The normalized spacial score (nSPS) is 18.3. The van der Waals surface area contributed by atoms with Crippen molar-refractivity contribution >= 4 is 34.7 Å². The van der Waals surface area contributed by atoms with Gasteiger partial charge in [-0.3, -0.25) is 9.59 Å². The Morgan fingerprint density at radius 1 is 1.15 bits per heavy atom. The number of aryl methyl sites for hydroxylation is 1. The maximum Gasteiger partial charge on any atom is 0.273 e. The summed E-state index contributed by atoms with van der Waals surface area (Å²) in [4.78, 5) is 28.6. The van der Waals surface area contributed by atoms with Crippen molar-refractivity contribution in [3.8, 4) is 11.3 Å². The second-order valence-corrected chi connectivity index (χ2v) is 8.25. The van der Waals surface area contributed by atoms with E-state index >= 15 is 0 Å². The summed E-state index contributed by atoms with van der Waals surface area (Å²) in [6.45, 7) is -0.694. The average molecular weight is 451 g/mol. The van der Waals surface area contributed by atoms with Gasteiger partial charge < -0.3 is 20.9 Å². The first-order chi connectivity index (χ1) is 17.0. The molecule has 1 aliphatic carbocycles. The van der Waals surface area contributed by atoms with Gasteiger partial charge in [-0.05, 0) is 25.8 Å². The molecule has 2 amide bonds. The van der Waals surface area contributed by atoms with E-state index < -0.39 is 12.9 Å². The molecule has 3 N–H and O–H groups in total. The molecular weight excluding hydrogens is 422 g/mol. The zero-order valence-electron chi connectivity index (χ0n) is 21.4. The molecule has 0 spiro atoms. The monoisotopic (exact) mass is 450 g/mol. The zero-order chi connectivity index (χ0) is 25.8. The van der Waals surface area contributed by atoms with Crippen molar-refractivity contribution in [2.24, 2.45) is 13.0 Å². The minimum Gasteiger partial charge on any atom is -0.364 e. The molecule has 0 radical (unpaired) electrons. The highest BCUT2D eigenvalue weighted by molar-refractivity contribution is 6.01. The van der Waals surface area contributed by atoms with Crippen LogP contribution in [0.1, 0.15) is 46.1 Å². The minimum atomic E-state index is -2.71. The van der Waals surface area contributed by atoms with Gasteiger partial charge in [0.25, 0.3) is 5.91 Å². The Bertz CT molecular complexity index is 1370. The van der Waals surface area contributed by atoms with E-state index in [1.807, 2.05) is 42.4 Å². The van der Waals surface area contributed by atoms with Crippen molar-refractivity contribution in [1.82, 2.24) is 30.5 Å². The molecule has 2 aliphatic rings. The van der Waals surface area contributed by atoms with Crippen LogP contribution in [-0.2, 0) is 11.8 Å². The summed E-state index contributed by atoms with van der Waals surface area (Å²) in [5, 5.41) is 24.8. The zero-order valence-corrected chi connectivity index (χ0v) is 18.4. The van der Waals surface area contributed by atoms with Crippen LogP contribution in [0, 0.1) is 5.92 Å². The summed E-state index contributed by atoms with van der Waals surface area (Å²) in [5.41, 5.74) is 3.87. The second kappa shape index (κ2) is 7.84. The van der Waals surface area contributed by atoms with Gasteiger partial charge >= 0.3 is 0 Å². The third-order valence-electron chi connectivity index (χ3n) is 5.95. The van der Waals surface area contributed by atoms with Gasteiger partial charge in [0.2, 0.25) is 5.91 Å². The number of amides is 2. The molecule has 0 saturated heterocycles. The van der Waals surface area contributed by atoms with Crippen LogP contribution in [0.5, 0.6) is 0 Å². The van der Waals surface area contributed by atoms with Gasteiger partial charge in [0, 0.05) is 42.7 Å². The number of carbonyl (C=O) groups excluding carboxylic acids is 2. The van der Waals surface area contributed by atoms with Crippen LogP contribution in [0.15, 0.2) is 24.3 Å². The number of hydrogen-bond donors (Lipinski definition) is 3. The first-order valence-electron chi connectivity index (χ1n) is 12.1. The van der Waals surface area contributed by atoms with Gasteiger partial charge in [-0.2, -0.15) is 15.0 Å². The molecule has 170 valence electrons. The molecule has 11 nitrogen and oxygen atoms in total. The quantitative estimate of drug-likeness (QED) is 0.540. The van der Waals surface area contributed by atoms with Crippen molar-refractivity contribution in [2.75, 3.05) is 29.6 Å². The second-order valence-electron chi connectivity index (χ2n) is 8.25. The van der Waals surface area contributed by atoms with Crippen LogP contribution in [-0.4, -0.2) is 51.0 Å². The summed E-state index contributed by atoms with van der Waals surface area (Å²) in [7, 11) is 3.70. The molecule has 0 bridgehead atoms. The summed E-state index contributed by atoms with van der Waals surface area (Å²) in [6, 6.07) is 7.01. The van der Waals surface area contributed by atoms with Crippen LogP contribution in [0.25, 0.3) is 11.3 Å². The Morgan fingerprint density at radius 3 is 2.73 bits per heavy atom. The predicted octanol–water partition coefficient (Wildman–Crippen LogP) is 2.23. The van der Waals surface area contributed by atoms with Crippen LogP contribution >= 0.6 is 0 Å². The average Bonchev–Trinajstić information content (AvgIpc) is 3.58. The number of nitrogens with one attached hydrogen (secondary N) is 3. The lowest BCUT2D eigenvalue weighted by molar-refractivity contribution is -0.117. The van der Waals surface area contributed by atoms with Crippen LogP contribution in [0.4, 0.5) is 22.9 Å². The number of anilines is 4. The molecule has 2 aromatic heterocycles. The number of benzene rings is 1. The van der Waals surface area contributed by atoms with E-state index in [2.05, 4.69) is 31.0 Å². The maximum absolute atomic E-state index is 12.8. The molecule has 1 fully saturated rings. The molecule has 1 aliphatic heterocycles. The van der Waals surface area contributed by atoms with E-state index in [4.69, 9.17) is 4.11 Å². The molecule has 33 heavy (non-hydrogen) atoms. The summed E-state index contributed by atoms with van der Waals surface area (Å²) >= 11 is 0. The number of nitrogens with zero attached hydrogens (tertiary/aromatic N) is 6. The van der Waals surface area contributed by atoms with E-state index in [-0.39, 0.29) is 35.1 Å². The maximum atomic E-state index is 12.8. The van der Waals surface area contributed by atoms with Crippen LogP contribution < -0.4 is 20.9 Å². The Kier molecular flexibility index (Phi) is 4.16. The fourth-order valence-corrected chi connectivity index (χ4v) is 3.98.